The van der Waals surface area contributed by atoms with Crippen molar-refractivity contribution in [1.29, 1.82) is 0 Å². The molecule has 8 aromatic heterocycles. The molecule has 0 spiro atoms. The van der Waals surface area contributed by atoms with Crippen molar-refractivity contribution in [2.75, 3.05) is 14.2 Å². The molecule has 0 aliphatic heterocycles. The Labute approximate surface area is 531 Å². The Morgan fingerprint density at radius 2 is 1.01 bits per heavy atom. The molecule has 0 radical (unpaired) electrons. The predicted octanol–water partition coefficient (Wildman–Crippen LogP) is 17.9. The van der Waals surface area contributed by atoms with E-state index in [0.29, 0.717) is 96.4 Å². The van der Waals surface area contributed by atoms with Gasteiger partial charge in [-0.15, -0.1) is 0 Å². The van der Waals surface area contributed by atoms with E-state index in [0.717, 1.165) is 33.1 Å². The van der Waals surface area contributed by atoms with Crippen LogP contribution in [0.3, 0.4) is 0 Å². The Balaban J connectivity index is 0.000000176. The zero-order valence-corrected chi connectivity index (χ0v) is 57.2. The fourth-order valence-electron chi connectivity index (χ4n) is 13.2. The number of ketones is 1. The van der Waals surface area contributed by atoms with E-state index < -0.39 is 22.6 Å². The summed E-state index contributed by atoms with van der Waals surface area (Å²) in [5, 5.41) is 16.0. The lowest BCUT2D eigenvalue weighted by Crippen LogP contribution is -2.51. The van der Waals surface area contributed by atoms with Gasteiger partial charge in [0.2, 0.25) is 5.78 Å². The number of ether oxygens (including phenoxy) is 4. The molecular weight excluding hydrogens is 1270 g/mol. The molecule has 14 nitrogen and oxygen atoms in total. The summed E-state index contributed by atoms with van der Waals surface area (Å²) in [7, 11) is -0.686. The Kier molecular flexibility index (Phi) is 21.6. The van der Waals surface area contributed by atoms with Gasteiger partial charge < -0.3 is 37.5 Å². The average molecular weight is 1350 g/mol. The molecule has 2 aromatic carbocycles. The Bertz CT molecular complexity index is 3860. The molecule has 0 aliphatic rings. The standard InChI is InChI=1S/C30H38ClN3O3Si.C21H16ClN3O3.C16H25IN2Si/c1-19(2)38(20(3)4,21(5)6)34-17-25(24-9-8-14-32-30(24)34)29(35)26-15-27(36-7)28(16-33-26)37-18-22-10-12-23(31)13-11-22;1-27-18-9-17(20(26)16-10-25-21-15(16)3-2-8-23-21)24-11-19(18)28-12-13-4-6-14(22)7-5-13;1-11(2)20(12(3)4,13(5)6)19-10-15(17)14-8-7-9-18-16(14)19/h8-17,19-21,29,35H,18H2,1-7H3;2-11H,12H2,1H3,(H,23,25);7-13H,1-6H3. The summed E-state index contributed by atoms with van der Waals surface area (Å²) >= 11 is 14.3. The lowest BCUT2D eigenvalue weighted by molar-refractivity contribution is 0.103. The van der Waals surface area contributed by atoms with Gasteiger partial charge in [0.1, 0.15) is 42.0 Å². The molecule has 19 heteroatoms. The monoisotopic (exact) mass is 1340 g/mol. The first-order valence-electron chi connectivity index (χ1n) is 29.1. The van der Waals surface area contributed by atoms with E-state index in [2.05, 4.69) is 153 Å². The molecule has 0 saturated heterocycles. The minimum atomic E-state index is -2.10. The first kappa shape index (κ1) is 65.4. The van der Waals surface area contributed by atoms with Crippen molar-refractivity contribution in [2.24, 2.45) is 0 Å². The summed E-state index contributed by atoms with van der Waals surface area (Å²) in [4.78, 5) is 38.5. The van der Waals surface area contributed by atoms with Crippen LogP contribution in [0.15, 0.2) is 147 Å². The quantitative estimate of drug-likeness (QED) is 0.0424. The van der Waals surface area contributed by atoms with Gasteiger partial charge in [-0.25, -0.2) is 19.9 Å². The first-order valence-corrected chi connectivity index (χ1v) is 35.3. The number of halogens is 3. The summed E-state index contributed by atoms with van der Waals surface area (Å²) < 4.78 is 29.1. The van der Waals surface area contributed by atoms with Crippen LogP contribution in [0.2, 0.25) is 43.3 Å². The van der Waals surface area contributed by atoms with Crippen LogP contribution < -0.4 is 18.9 Å². The number of benzene rings is 2. The van der Waals surface area contributed by atoms with Crippen molar-refractivity contribution in [2.45, 2.75) is 136 Å². The highest BCUT2D eigenvalue weighted by atomic mass is 127. The van der Waals surface area contributed by atoms with Crippen molar-refractivity contribution < 1.29 is 28.8 Å². The van der Waals surface area contributed by atoms with Crippen LogP contribution in [0.25, 0.3) is 33.1 Å². The van der Waals surface area contributed by atoms with Gasteiger partial charge in [-0.2, -0.15) is 0 Å². The number of carbonyl (C=O) groups is 1. The molecule has 0 fully saturated rings. The van der Waals surface area contributed by atoms with E-state index in [-0.39, 0.29) is 11.5 Å². The van der Waals surface area contributed by atoms with E-state index in [1.165, 1.54) is 27.9 Å². The number of rotatable bonds is 20. The number of nitrogens with zero attached hydrogens (tertiary/aromatic N) is 7. The van der Waals surface area contributed by atoms with Crippen molar-refractivity contribution in [3.05, 3.63) is 194 Å². The zero-order valence-electron chi connectivity index (χ0n) is 51.6. The van der Waals surface area contributed by atoms with Gasteiger partial charge in [0.05, 0.1) is 37.9 Å². The predicted molar refractivity (Wildman–Crippen MR) is 362 cm³/mol. The fourth-order valence-corrected chi connectivity index (χ4v) is 27.5. The minimum Gasteiger partial charge on any atom is -0.493 e. The molecule has 8 heterocycles. The van der Waals surface area contributed by atoms with Crippen LogP contribution in [-0.2, 0) is 13.2 Å². The molecule has 10 rings (SSSR count). The van der Waals surface area contributed by atoms with E-state index in [4.69, 9.17) is 52.1 Å². The van der Waals surface area contributed by atoms with Crippen molar-refractivity contribution >= 4 is 101 Å². The van der Waals surface area contributed by atoms with Crippen LogP contribution >= 0.6 is 45.8 Å². The number of pyridine rings is 5. The second-order valence-electron chi connectivity index (χ2n) is 23.4. The zero-order chi connectivity index (χ0) is 62.2. The topological polar surface area (TPSA) is 164 Å². The van der Waals surface area contributed by atoms with Gasteiger partial charge in [0.15, 0.2) is 39.5 Å². The number of nitrogens with one attached hydrogen (secondary N) is 1. The number of H-pyrrole nitrogens is 1. The molecular formula is C67H79Cl2IN8O6Si2. The van der Waals surface area contributed by atoms with Crippen molar-refractivity contribution in [1.82, 2.24) is 38.4 Å². The fraction of sp³-hybridized carbons (Fsp3) is 0.343. The molecule has 10 aromatic rings. The van der Waals surface area contributed by atoms with E-state index in [1.807, 2.05) is 73.1 Å². The van der Waals surface area contributed by atoms with Crippen LogP contribution in [0.4, 0.5) is 0 Å². The molecule has 1 atom stereocenters. The third-order valence-corrected chi connectivity index (χ3v) is 31.5. The largest absolute Gasteiger partial charge is 0.493 e. The summed E-state index contributed by atoms with van der Waals surface area (Å²) in [6.07, 6.45) is 13.7. The first-order chi connectivity index (χ1) is 41.1. The second-order valence-corrected chi connectivity index (χ2v) is 36.9. The number of methoxy groups -OCH3 is 2. The third kappa shape index (κ3) is 13.4. The van der Waals surface area contributed by atoms with Gasteiger partial charge in [-0.05, 0) is 128 Å². The van der Waals surface area contributed by atoms with Gasteiger partial charge in [-0.1, -0.05) is 131 Å². The summed E-state index contributed by atoms with van der Waals surface area (Å²) in [5.74, 6) is 1.69. The molecule has 1 unspecified atom stereocenters. The lowest BCUT2D eigenvalue weighted by Gasteiger charge is -2.44. The van der Waals surface area contributed by atoms with Gasteiger partial charge in [0.25, 0.3) is 0 Å². The van der Waals surface area contributed by atoms with E-state index in [9.17, 15) is 9.90 Å². The van der Waals surface area contributed by atoms with Crippen molar-refractivity contribution in [3.63, 3.8) is 0 Å². The molecule has 452 valence electrons. The maximum absolute atomic E-state index is 12.9. The number of hydrogen-bond acceptors (Lipinski definition) is 11. The Hall–Kier alpha value is -6.62. The Morgan fingerprint density at radius 1 is 0.570 bits per heavy atom. The average Bonchev–Trinajstić information content (AvgIpc) is 1.68. The lowest BCUT2D eigenvalue weighted by atomic mass is 10.1. The number of aromatic nitrogens is 8. The summed E-state index contributed by atoms with van der Waals surface area (Å²) in [5.41, 5.74) is 10.3. The minimum absolute atomic E-state index is 0.221. The van der Waals surface area contributed by atoms with Crippen LogP contribution in [0.1, 0.15) is 128 Å². The Morgan fingerprint density at radius 3 is 1.51 bits per heavy atom. The second kappa shape index (κ2) is 28.5. The molecule has 0 bridgehead atoms. The van der Waals surface area contributed by atoms with Crippen LogP contribution in [0, 0.1) is 3.57 Å². The summed E-state index contributed by atoms with van der Waals surface area (Å²) in [6, 6.07) is 30.0. The molecule has 0 aliphatic carbocycles. The van der Waals surface area contributed by atoms with E-state index >= 15 is 0 Å². The number of fused-ring (bicyclic) bond motifs is 3. The highest BCUT2D eigenvalue weighted by Crippen LogP contribution is 2.47. The number of hydrogen-bond donors (Lipinski definition) is 2. The number of aliphatic hydroxyl groups is 1. The summed E-state index contributed by atoms with van der Waals surface area (Å²) in [6.45, 7) is 29.0. The number of carbonyl (C=O) groups excluding carboxylic acids is 1. The van der Waals surface area contributed by atoms with E-state index in [1.54, 1.807) is 56.0 Å². The molecule has 0 amide bonds. The van der Waals surface area contributed by atoms with Gasteiger partial charge in [0, 0.05) is 84.7 Å². The SMILES string of the molecule is CC(C)[Si](C(C)C)(C(C)C)n1cc(I)c2cccnc21.COc1cc(C(=O)c2c[nH]c3ncccc23)ncc1OCc1ccc(Cl)cc1.COc1cc(C(O)c2cn([Si](C(C)C)(C(C)C)C(C)C)c3ncccc23)ncc1OCc1ccc(Cl)cc1. The number of aliphatic hydroxyl groups excluding tert-OH is 1. The van der Waals surface area contributed by atoms with Gasteiger partial charge in [-0.3, -0.25) is 9.78 Å². The van der Waals surface area contributed by atoms with Gasteiger partial charge >= 0.3 is 0 Å². The number of aromatic amines is 1. The smallest absolute Gasteiger partial charge is 0.213 e. The highest BCUT2D eigenvalue weighted by molar-refractivity contribution is 14.1. The van der Waals surface area contributed by atoms with Crippen molar-refractivity contribution in [3.8, 4) is 23.0 Å². The molecule has 0 saturated carbocycles. The third-order valence-electron chi connectivity index (χ3n) is 16.7. The highest BCUT2D eigenvalue weighted by Gasteiger charge is 2.48. The maximum atomic E-state index is 12.9. The molecule has 86 heavy (non-hydrogen) atoms. The molecule has 2 N–H and O–H groups in total. The maximum Gasteiger partial charge on any atom is 0.213 e. The normalized spacial score (nSPS) is 12.3. The van der Waals surface area contributed by atoms with Crippen LogP contribution in [0.5, 0.6) is 23.0 Å². The van der Waals surface area contributed by atoms with Crippen LogP contribution in [-0.4, -0.2) is 79.9 Å².